The van der Waals surface area contributed by atoms with Gasteiger partial charge in [0.1, 0.15) is 18.1 Å². The fourth-order valence-electron chi connectivity index (χ4n) is 3.34. The molecule has 9 nitrogen and oxygen atoms in total. The molecule has 1 fully saturated rings. The molecule has 3 aromatic rings. The fourth-order valence-corrected chi connectivity index (χ4v) is 3.34. The van der Waals surface area contributed by atoms with Gasteiger partial charge in [0.25, 0.3) is 5.78 Å². The van der Waals surface area contributed by atoms with Gasteiger partial charge in [-0.1, -0.05) is 6.07 Å². The van der Waals surface area contributed by atoms with E-state index in [-0.39, 0.29) is 12.5 Å². The second kappa shape index (κ2) is 7.71. The number of carbonyl (C=O) groups excluding carboxylic acids is 1. The Hall–Kier alpha value is -3.36. The van der Waals surface area contributed by atoms with Gasteiger partial charge in [0, 0.05) is 31.0 Å². The van der Waals surface area contributed by atoms with Gasteiger partial charge in [-0.05, 0) is 37.5 Å². The number of amides is 1. The van der Waals surface area contributed by atoms with E-state index in [1.807, 2.05) is 6.07 Å². The van der Waals surface area contributed by atoms with Crippen molar-refractivity contribution < 1.29 is 9.53 Å². The summed E-state index contributed by atoms with van der Waals surface area (Å²) in [6, 6.07) is 8.84. The lowest BCUT2D eigenvalue weighted by molar-refractivity contribution is -0.117. The number of methoxy groups -OCH3 is 1. The zero-order valence-electron chi connectivity index (χ0n) is 15.7. The van der Waals surface area contributed by atoms with E-state index in [1.54, 1.807) is 37.6 Å². The SMILES string of the molecule is COc1cccc(NC(=O)Cn2nc3nc(N4CCCCC4)ccn3c2=O)c1. The number of hydrogen-bond acceptors (Lipinski definition) is 6. The summed E-state index contributed by atoms with van der Waals surface area (Å²) >= 11 is 0. The molecule has 0 radical (unpaired) electrons. The number of piperidine rings is 1. The third-order valence-corrected chi connectivity index (χ3v) is 4.77. The number of fused-ring (bicyclic) bond motifs is 1. The average Bonchev–Trinajstić information content (AvgIpc) is 3.03. The molecule has 1 saturated heterocycles. The van der Waals surface area contributed by atoms with E-state index in [0.717, 1.165) is 36.4 Å². The molecule has 0 unspecified atom stereocenters. The molecule has 0 saturated carbocycles. The van der Waals surface area contributed by atoms with Crippen LogP contribution in [-0.2, 0) is 11.3 Å². The Labute approximate surface area is 161 Å². The van der Waals surface area contributed by atoms with Gasteiger partial charge in [0.2, 0.25) is 5.91 Å². The maximum absolute atomic E-state index is 12.5. The number of hydrogen-bond donors (Lipinski definition) is 1. The Morgan fingerprint density at radius 3 is 2.82 bits per heavy atom. The number of aromatic nitrogens is 4. The summed E-state index contributed by atoms with van der Waals surface area (Å²) in [5, 5.41) is 6.97. The highest BCUT2D eigenvalue weighted by Crippen LogP contribution is 2.18. The molecule has 9 heteroatoms. The summed E-state index contributed by atoms with van der Waals surface area (Å²) in [4.78, 5) is 31.5. The van der Waals surface area contributed by atoms with Crippen LogP contribution in [0.15, 0.2) is 41.3 Å². The lowest BCUT2D eigenvalue weighted by Crippen LogP contribution is -2.30. The quantitative estimate of drug-likeness (QED) is 0.719. The van der Waals surface area contributed by atoms with Crippen LogP contribution in [0.3, 0.4) is 0 Å². The number of benzene rings is 1. The summed E-state index contributed by atoms with van der Waals surface area (Å²) < 4.78 is 7.62. The molecule has 0 atom stereocenters. The predicted octanol–water partition coefficient (Wildman–Crippen LogP) is 1.53. The molecule has 1 amide bonds. The Kier molecular flexibility index (Phi) is 4.96. The number of ether oxygens (including phenoxy) is 1. The van der Waals surface area contributed by atoms with Gasteiger partial charge in [0.05, 0.1) is 7.11 Å². The topological polar surface area (TPSA) is 93.8 Å². The smallest absolute Gasteiger partial charge is 0.352 e. The Morgan fingerprint density at radius 1 is 1.21 bits per heavy atom. The highest BCUT2D eigenvalue weighted by atomic mass is 16.5. The zero-order chi connectivity index (χ0) is 19.5. The van der Waals surface area contributed by atoms with Crippen molar-refractivity contribution in [2.24, 2.45) is 0 Å². The van der Waals surface area contributed by atoms with E-state index in [1.165, 1.54) is 10.8 Å². The van der Waals surface area contributed by atoms with Crippen molar-refractivity contribution in [3.63, 3.8) is 0 Å². The van der Waals surface area contributed by atoms with E-state index >= 15 is 0 Å². The van der Waals surface area contributed by atoms with Crippen molar-refractivity contribution in [2.75, 3.05) is 30.4 Å². The minimum Gasteiger partial charge on any atom is -0.497 e. The van der Waals surface area contributed by atoms with Crippen LogP contribution in [0.5, 0.6) is 5.75 Å². The van der Waals surface area contributed by atoms with Gasteiger partial charge in [0.15, 0.2) is 0 Å². The predicted molar refractivity (Wildman–Crippen MR) is 105 cm³/mol. The molecule has 1 N–H and O–H groups in total. The maximum atomic E-state index is 12.5. The molecular weight excluding hydrogens is 360 g/mol. The van der Waals surface area contributed by atoms with Gasteiger partial charge in [-0.3, -0.25) is 4.79 Å². The number of rotatable bonds is 5. The lowest BCUT2D eigenvalue weighted by atomic mass is 10.1. The summed E-state index contributed by atoms with van der Waals surface area (Å²) in [7, 11) is 1.56. The van der Waals surface area contributed by atoms with Gasteiger partial charge < -0.3 is 15.0 Å². The zero-order valence-corrected chi connectivity index (χ0v) is 15.7. The Morgan fingerprint density at radius 2 is 2.04 bits per heavy atom. The van der Waals surface area contributed by atoms with Crippen LogP contribution < -0.4 is 20.6 Å². The van der Waals surface area contributed by atoms with Crippen molar-refractivity contribution in [3.05, 3.63) is 47.0 Å². The fraction of sp³-hybridized carbons (Fsp3) is 0.368. The monoisotopic (exact) mass is 382 g/mol. The molecule has 2 aromatic heterocycles. The highest BCUT2D eigenvalue weighted by molar-refractivity contribution is 5.90. The molecule has 1 aliphatic heterocycles. The first kappa shape index (κ1) is 18.0. The number of nitrogens with one attached hydrogen (secondary N) is 1. The van der Waals surface area contributed by atoms with Crippen LogP contribution in [-0.4, -0.2) is 45.3 Å². The van der Waals surface area contributed by atoms with Crippen LogP contribution in [0.1, 0.15) is 19.3 Å². The molecular formula is C19H22N6O3. The van der Waals surface area contributed by atoms with E-state index in [4.69, 9.17) is 4.74 Å². The third-order valence-electron chi connectivity index (χ3n) is 4.77. The number of nitrogens with zero attached hydrogens (tertiary/aromatic N) is 5. The highest BCUT2D eigenvalue weighted by Gasteiger charge is 2.16. The van der Waals surface area contributed by atoms with Gasteiger partial charge in [-0.25, -0.2) is 13.9 Å². The minimum atomic E-state index is -0.395. The molecule has 1 aromatic carbocycles. The van der Waals surface area contributed by atoms with Gasteiger partial charge in [-0.2, -0.15) is 4.98 Å². The molecule has 0 spiro atoms. The minimum absolute atomic E-state index is 0.196. The van der Waals surface area contributed by atoms with E-state index in [9.17, 15) is 9.59 Å². The average molecular weight is 382 g/mol. The van der Waals surface area contributed by atoms with Crippen LogP contribution in [0.4, 0.5) is 11.5 Å². The lowest BCUT2D eigenvalue weighted by Gasteiger charge is -2.27. The summed E-state index contributed by atoms with van der Waals surface area (Å²) in [5.41, 5.74) is 0.195. The first-order valence-corrected chi connectivity index (χ1v) is 9.29. The van der Waals surface area contributed by atoms with E-state index in [2.05, 4.69) is 20.3 Å². The number of anilines is 2. The van der Waals surface area contributed by atoms with Crippen LogP contribution in [0.25, 0.3) is 5.78 Å². The van der Waals surface area contributed by atoms with Crippen molar-refractivity contribution in [1.29, 1.82) is 0 Å². The molecule has 4 rings (SSSR count). The van der Waals surface area contributed by atoms with Crippen molar-refractivity contribution in [3.8, 4) is 5.75 Å². The van der Waals surface area contributed by atoms with Crippen LogP contribution in [0.2, 0.25) is 0 Å². The van der Waals surface area contributed by atoms with Crippen LogP contribution in [0, 0.1) is 0 Å². The molecule has 146 valence electrons. The Bertz CT molecular complexity index is 1050. The first-order valence-electron chi connectivity index (χ1n) is 9.29. The van der Waals surface area contributed by atoms with Gasteiger partial charge >= 0.3 is 5.69 Å². The maximum Gasteiger partial charge on any atom is 0.352 e. The second-order valence-electron chi connectivity index (χ2n) is 6.72. The Balaban J connectivity index is 1.52. The summed E-state index contributed by atoms with van der Waals surface area (Å²) in [6.07, 6.45) is 5.17. The summed E-state index contributed by atoms with van der Waals surface area (Å²) in [5.74, 6) is 1.39. The molecule has 0 bridgehead atoms. The van der Waals surface area contributed by atoms with E-state index < -0.39 is 5.69 Å². The number of carbonyl (C=O) groups is 1. The van der Waals surface area contributed by atoms with Gasteiger partial charge in [-0.15, -0.1) is 5.10 Å². The molecule has 1 aliphatic rings. The molecule has 3 heterocycles. The summed E-state index contributed by atoms with van der Waals surface area (Å²) in [6.45, 7) is 1.71. The standard InChI is InChI=1S/C19H22N6O3/c1-28-15-7-5-6-14(12-15)20-17(26)13-25-19(27)24-11-8-16(21-18(24)22-25)23-9-3-2-4-10-23/h5-8,11-12H,2-4,9-10,13H2,1H3,(H,20,26). The van der Waals surface area contributed by atoms with Crippen LogP contribution >= 0.6 is 0 Å². The van der Waals surface area contributed by atoms with E-state index in [0.29, 0.717) is 17.2 Å². The van der Waals surface area contributed by atoms with Crippen molar-refractivity contribution >= 4 is 23.2 Å². The van der Waals surface area contributed by atoms with Crippen molar-refractivity contribution in [2.45, 2.75) is 25.8 Å². The molecule has 0 aliphatic carbocycles. The normalized spacial score (nSPS) is 14.2. The largest absolute Gasteiger partial charge is 0.497 e. The van der Waals surface area contributed by atoms with Crippen molar-refractivity contribution in [1.82, 2.24) is 19.2 Å². The molecule has 28 heavy (non-hydrogen) atoms. The first-order chi connectivity index (χ1) is 13.6. The third kappa shape index (κ3) is 3.68. The second-order valence-corrected chi connectivity index (χ2v) is 6.72.